The number of rotatable bonds is 11. The van der Waals surface area contributed by atoms with E-state index in [1.165, 1.54) is 13.8 Å². The normalized spacial score (nSPS) is 13.5. The van der Waals surface area contributed by atoms with Gasteiger partial charge >= 0.3 is 0 Å². The molecule has 0 spiro atoms. The summed E-state index contributed by atoms with van der Waals surface area (Å²) in [6, 6.07) is 7.32. The van der Waals surface area contributed by atoms with Crippen LogP contribution in [0, 0.1) is 11.3 Å². The third kappa shape index (κ3) is 7.28. The maximum Gasteiger partial charge on any atom is 0.252 e. The molecule has 0 aliphatic rings. The van der Waals surface area contributed by atoms with Gasteiger partial charge in [-0.05, 0) is 39.0 Å². The van der Waals surface area contributed by atoms with Gasteiger partial charge < -0.3 is 15.0 Å². The summed E-state index contributed by atoms with van der Waals surface area (Å²) < 4.78 is 29.2. The number of carbonyl (C=O) groups is 1. The molecule has 11 nitrogen and oxygen atoms in total. The van der Waals surface area contributed by atoms with Crippen molar-refractivity contribution in [3.63, 3.8) is 0 Å². The van der Waals surface area contributed by atoms with Crippen LogP contribution in [-0.4, -0.2) is 55.6 Å². The van der Waals surface area contributed by atoms with E-state index in [4.69, 9.17) is 10.00 Å². The van der Waals surface area contributed by atoms with Crippen molar-refractivity contribution in [1.82, 2.24) is 10.2 Å². The van der Waals surface area contributed by atoms with Crippen molar-refractivity contribution in [3.8, 4) is 6.07 Å². The van der Waals surface area contributed by atoms with Gasteiger partial charge in [0.15, 0.2) is 0 Å². The predicted molar refractivity (Wildman–Crippen MR) is 126 cm³/mol. The molecular weight excluding hydrogens is 466 g/mol. The largest absolute Gasteiger partial charge is 0.367 e. The van der Waals surface area contributed by atoms with Crippen molar-refractivity contribution >= 4 is 49.3 Å². The predicted octanol–water partition coefficient (Wildman–Crippen LogP) is 3.85. The van der Waals surface area contributed by atoms with Crippen molar-refractivity contribution in [2.75, 3.05) is 29.1 Å². The second-order valence-corrected chi connectivity index (χ2v) is 10.5. The number of aromatic nitrogens is 2. The lowest BCUT2D eigenvalue weighted by Crippen LogP contribution is -2.37. The lowest BCUT2D eigenvalue weighted by atomic mass is 10.2. The van der Waals surface area contributed by atoms with Crippen LogP contribution in [0.2, 0.25) is 0 Å². The third-order valence-electron chi connectivity index (χ3n) is 4.55. The van der Waals surface area contributed by atoms with Gasteiger partial charge in [0.25, 0.3) is 5.13 Å². The van der Waals surface area contributed by atoms with Crippen molar-refractivity contribution in [1.29, 1.82) is 5.26 Å². The second-order valence-electron chi connectivity index (χ2n) is 7.08. The topological polar surface area (TPSA) is 150 Å². The number of sulfone groups is 1. The number of amides is 1. The number of nitrogens with zero attached hydrogens (tertiary/aromatic N) is 6. The van der Waals surface area contributed by atoms with Crippen molar-refractivity contribution in [3.05, 3.63) is 18.2 Å². The Morgan fingerprint density at radius 2 is 2.03 bits per heavy atom. The van der Waals surface area contributed by atoms with Crippen LogP contribution in [0.25, 0.3) is 0 Å². The highest BCUT2D eigenvalue weighted by Gasteiger charge is 2.19. The van der Waals surface area contributed by atoms with E-state index in [-0.39, 0.29) is 27.2 Å². The Morgan fingerprint density at radius 1 is 1.30 bits per heavy atom. The molecule has 0 aliphatic carbocycles. The minimum Gasteiger partial charge on any atom is -0.367 e. The van der Waals surface area contributed by atoms with Gasteiger partial charge in [0.05, 0.1) is 24.1 Å². The number of nitriles is 1. The molecule has 1 N–H and O–H groups in total. The van der Waals surface area contributed by atoms with Gasteiger partial charge in [-0.2, -0.15) is 5.26 Å². The summed E-state index contributed by atoms with van der Waals surface area (Å²) in [5.41, 5.74) is 1.64. The molecule has 1 amide bonds. The third-order valence-corrected chi connectivity index (χ3v) is 7.54. The number of nitrogens with one attached hydrogen (secondary N) is 1. The Kier molecular flexibility index (Phi) is 9.39. The Bertz CT molecular complexity index is 1140. The number of carbonyl (C=O) groups excluding carboxylic acids is 1. The van der Waals surface area contributed by atoms with Gasteiger partial charge in [-0.25, -0.2) is 8.42 Å². The molecule has 0 fully saturated rings. The lowest BCUT2D eigenvalue weighted by molar-refractivity contribution is -0.114. The van der Waals surface area contributed by atoms with Crippen LogP contribution in [-0.2, 0) is 19.4 Å². The van der Waals surface area contributed by atoms with Crippen molar-refractivity contribution in [2.24, 2.45) is 10.2 Å². The average Bonchev–Trinajstić information content (AvgIpc) is 3.27. The first kappa shape index (κ1) is 26.3. The maximum atomic E-state index is 11.9. The zero-order valence-corrected chi connectivity index (χ0v) is 20.8. The summed E-state index contributed by atoms with van der Waals surface area (Å²) in [6.45, 7) is 9.61. The van der Waals surface area contributed by atoms with Crippen LogP contribution >= 0.6 is 11.3 Å². The summed E-state index contributed by atoms with van der Waals surface area (Å²) in [4.78, 5) is 13.8. The van der Waals surface area contributed by atoms with E-state index < -0.39 is 15.9 Å². The number of azo groups is 1. The van der Waals surface area contributed by atoms with Crippen LogP contribution in [0.15, 0.2) is 32.8 Å². The van der Waals surface area contributed by atoms with E-state index in [1.54, 1.807) is 19.1 Å². The van der Waals surface area contributed by atoms with E-state index in [9.17, 15) is 13.2 Å². The molecule has 2 rings (SSSR count). The average molecular weight is 494 g/mol. The van der Waals surface area contributed by atoms with E-state index in [2.05, 4.69) is 30.6 Å². The van der Waals surface area contributed by atoms with Gasteiger partial charge in [0.1, 0.15) is 11.8 Å². The Hall–Kier alpha value is -2.95. The summed E-state index contributed by atoms with van der Waals surface area (Å²) in [5.74, 6) is -0.363. The first-order valence-electron chi connectivity index (χ1n) is 10.3. The molecule has 0 saturated heterocycles. The molecule has 0 aliphatic heterocycles. The molecule has 178 valence electrons. The molecule has 0 saturated carbocycles. The number of ether oxygens (including phenoxy) is 1. The molecule has 33 heavy (non-hydrogen) atoms. The van der Waals surface area contributed by atoms with Gasteiger partial charge in [-0.3, -0.25) is 4.79 Å². The summed E-state index contributed by atoms with van der Waals surface area (Å²) >= 11 is 0.826. The van der Waals surface area contributed by atoms with Gasteiger partial charge in [0.2, 0.25) is 20.1 Å². The number of benzene rings is 1. The van der Waals surface area contributed by atoms with Gasteiger partial charge in [-0.1, -0.05) is 18.3 Å². The molecule has 0 bridgehead atoms. The SMILES string of the molecule is CCN(c1ccc(N=Nc2nnc(S(=O)(=O)CC)s2)c(NC(C)=O)c1)C(C)COC(C)C#N. The summed E-state index contributed by atoms with van der Waals surface area (Å²) in [7, 11) is -3.47. The van der Waals surface area contributed by atoms with Crippen LogP contribution in [0.5, 0.6) is 0 Å². The number of hydrogen-bond donors (Lipinski definition) is 1. The number of anilines is 2. The fourth-order valence-corrected chi connectivity index (χ4v) is 4.73. The van der Waals surface area contributed by atoms with Crippen LogP contribution < -0.4 is 10.2 Å². The molecule has 1 heterocycles. The standard InChI is InChI=1S/C20H27N7O4S2/c1-6-27(13(3)12-31-14(4)11-21)16-8-9-17(18(10-16)22-15(5)28)23-24-19-25-26-20(32-19)33(29,30)7-2/h8-10,13-14H,6-7,12H2,1-5H3,(H,22,28). The molecule has 2 aromatic rings. The number of hydrogen-bond acceptors (Lipinski definition) is 11. The van der Waals surface area contributed by atoms with Crippen molar-refractivity contribution < 1.29 is 17.9 Å². The minimum absolute atomic E-state index is 0.0243. The zero-order valence-electron chi connectivity index (χ0n) is 19.1. The molecule has 1 aromatic carbocycles. The van der Waals surface area contributed by atoms with E-state index in [1.807, 2.05) is 26.0 Å². The first-order valence-corrected chi connectivity index (χ1v) is 12.8. The quantitative estimate of drug-likeness (QED) is 0.464. The fourth-order valence-electron chi connectivity index (χ4n) is 2.83. The fraction of sp³-hybridized carbons (Fsp3) is 0.500. The highest BCUT2D eigenvalue weighted by Crippen LogP contribution is 2.33. The van der Waals surface area contributed by atoms with Gasteiger partial charge in [-0.15, -0.1) is 20.4 Å². The van der Waals surface area contributed by atoms with E-state index in [0.717, 1.165) is 17.0 Å². The van der Waals surface area contributed by atoms with E-state index >= 15 is 0 Å². The summed E-state index contributed by atoms with van der Waals surface area (Å²) in [5, 5.41) is 27.3. The zero-order chi connectivity index (χ0) is 24.6. The molecule has 2 atom stereocenters. The molecular formula is C20H27N7O4S2. The minimum atomic E-state index is -3.47. The second kappa shape index (κ2) is 11.8. The highest BCUT2D eigenvalue weighted by molar-refractivity contribution is 7.93. The molecule has 13 heteroatoms. The Labute approximate surface area is 197 Å². The highest BCUT2D eigenvalue weighted by atomic mass is 32.2. The molecule has 2 unspecified atom stereocenters. The molecule has 1 aromatic heterocycles. The van der Waals surface area contributed by atoms with Crippen molar-refractivity contribution in [2.45, 2.75) is 51.1 Å². The first-order chi connectivity index (χ1) is 15.6. The summed E-state index contributed by atoms with van der Waals surface area (Å²) in [6.07, 6.45) is -0.503. The maximum absolute atomic E-state index is 11.9. The van der Waals surface area contributed by atoms with Crippen LogP contribution in [0.4, 0.5) is 22.2 Å². The Morgan fingerprint density at radius 3 is 2.64 bits per heavy atom. The van der Waals surface area contributed by atoms with Crippen LogP contribution in [0.3, 0.4) is 0 Å². The van der Waals surface area contributed by atoms with Crippen LogP contribution in [0.1, 0.15) is 34.6 Å². The smallest absolute Gasteiger partial charge is 0.252 e. The Balaban J connectivity index is 2.30. The molecule has 0 radical (unpaired) electrons. The monoisotopic (exact) mass is 493 g/mol. The van der Waals surface area contributed by atoms with E-state index in [0.29, 0.717) is 24.5 Å². The lowest BCUT2D eigenvalue weighted by Gasteiger charge is -2.31. The number of likely N-dealkylation sites (N-methyl/N-ethyl adjacent to an activating group) is 1. The van der Waals surface area contributed by atoms with Gasteiger partial charge in [0, 0.05) is 25.2 Å².